The molecule has 0 bridgehead atoms. The van der Waals surface area contributed by atoms with E-state index in [-0.39, 0.29) is 18.3 Å². The van der Waals surface area contributed by atoms with Gasteiger partial charge in [-0.3, -0.25) is 9.69 Å². The Morgan fingerprint density at radius 2 is 1.94 bits per heavy atom. The van der Waals surface area contributed by atoms with E-state index in [1.54, 1.807) is 49.5 Å². The first-order valence-electron chi connectivity index (χ1n) is 10.1. The number of carbonyl (C=O) groups excluding carboxylic acids is 1. The van der Waals surface area contributed by atoms with Crippen LogP contribution in [0.2, 0.25) is 0 Å². The van der Waals surface area contributed by atoms with Crippen molar-refractivity contribution in [2.75, 3.05) is 7.05 Å². The van der Waals surface area contributed by atoms with E-state index in [1.165, 1.54) is 11.0 Å². The molecule has 0 saturated carbocycles. The summed E-state index contributed by atoms with van der Waals surface area (Å²) in [5, 5.41) is 9.24. The maximum absolute atomic E-state index is 14.6. The van der Waals surface area contributed by atoms with Gasteiger partial charge in [0, 0.05) is 24.6 Å². The van der Waals surface area contributed by atoms with Crippen LogP contribution in [0.25, 0.3) is 11.1 Å². The average Bonchev–Trinajstić information content (AvgIpc) is 3.03. The van der Waals surface area contributed by atoms with E-state index in [9.17, 15) is 14.4 Å². The van der Waals surface area contributed by atoms with Crippen molar-refractivity contribution in [2.45, 2.75) is 18.1 Å². The summed E-state index contributed by atoms with van der Waals surface area (Å²) in [5.74, 6) is -0.141. The van der Waals surface area contributed by atoms with Crippen molar-refractivity contribution in [3.63, 3.8) is 0 Å². The van der Waals surface area contributed by atoms with Crippen LogP contribution in [-0.4, -0.2) is 23.8 Å². The molecule has 0 radical (unpaired) electrons. The first-order valence-corrected chi connectivity index (χ1v) is 10.1. The van der Waals surface area contributed by atoms with Gasteiger partial charge in [0.25, 0.3) is 5.91 Å². The van der Waals surface area contributed by atoms with Gasteiger partial charge in [-0.25, -0.2) is 9.38 Å². The van der Waals surface area contributed by atoms with E-state index in [0.717, 1.165) is 11.1 Å². The Hall–Kier alpha value is -4.18. The quantitative estimate of drug-likeness (QED) is 0.673. The molecule has 5 rings (SSSR count). The number of nitrogens with zero attached hydrogens (tertiary/aromatic N) is 3. The van der Waals surface area contributed by atoms with Crippen LogP contribution in [0.4, 0.5) is 4.39 Å². The van der Waals surface area contributed by atoms with Crippen LogP contribution >= 0.6 is 0 Å². The number of amides is 1. The van der Waals surface area contributed by atoms with E-state index in [4.69, 9.17) is 10.5 Å². The normalized spacial score (nSPS) is 21.7. The lowest BCUT2D eigenvalue weighted by Gasteiger charge is -2.37. The minimum absolute atomic E-state index is 0.104. The molecule has 158 valence electrons. The third-order valence-corrected chi connectivity index (χ3v) is 6.06. The third-order valence-electron chi connectivity index (χ3n) is 6.06. The molecular weight excluding hydrogens is 407 g/mol. The Morgan fingerprint density at radius 1 is 1.16 bits per heavy atom. The van der Waals surface area contributed by atoms with Crippen LogP contribution < -0.4 is 10.5 Å². The summed E-state index contributed by atoms with van der Waals surface area (Å²) >= 11 is 0. The Balaban J connectivity index is 1.68. The predicted molar refractivity (Wildman–Crippen MR) is 117 cm³/mol. The fourth-order valence-electron chi connectivity index (χ4n) is 4.39. The smallest absolute Gasteiger partial charge is 0.261 e. The van der Waals surface area contributed by atoms with Crippen molar-refractivity contribution >= 4 is 11.9 Å². The number of carbonyl (C=O) groups is 1. The Bertz CT molecular complexity index is 1330. The van der Waals surface area contributed by atoms with Gasteiger partial charge in [-0.05, 0) is 41.5 Å². The van der Waals surface area contributed by atoms with Crippen molar-refractivity contribution < 1.29 is 13.9 Å². The number of aliphatic imine (C=N–C) groups is 1. The molecule has 0 saturated heterocycles. The molecule has 2 N–H and O–H groups in total. The van der Waals surface area contributed by atoms with Gasteiger partial charge in [0.2, 0.25) is 0 Å². The average molecular weight is 426 g/mol. The number of halogens is 1. The Morgan fingerprint density at radius 3 is 2.66 bits per heavy atom. The number of nitrogens with two attached hydrogens (primary N) is 1. The van der Waals surface area contributed by atoms with E-state index in [0.29, 0.717) is 22.4 Å². The van der Waals surface area contributed by atoms with Gasteiger partial charge in [-0.1, -0.05) is 36.4 Å². The zero-order chi connectivity index (χ0) is 22.5. The lowest BCUT2D eigenvalue weighted by atomic mass is 9.79. The molecule has 0 aromatic heterocycles. The van der Waals surface area contributed by atoms with Crippen molar-refractivity contribution in [2.24, 2.45) is 10.7 Å². The number of nitriles is 1. The van der Waals surface area contributed by atoms with E-state index in [1.807, 2.05) is 18.2 Å². The summed E-state index contributed by atoms with van der Waals surface area (Å²) in [6.07, 6.45) is -0.588. The summed E-state index contributed by atoms with van der Waals surface area (Å²) in [5.41, 5.74) is 7.82. The third kappa shape index (κ3) is 2.92. The molecule has 2 aliphatic rings. The summed E-state index contributed by atoms with van der Waals surface area (Å²) in [7, 11) is 1.57. The molecule has 0 fully saturated rings. The number of hydrogen-bond acceptors (Lipinski definition) is 5. The molecule has 1 amide bonds. The SMILES string of the molecule is CN1C(=O)C2(CC(c3ccccc3F)Oc3ccc(-c4cccc(C#N)c4)cc32)N=C1N. The Kier molecular flexibility index (Phi) is 4.45. The number of hydrogen-bond donors (Lipinski definition) is 1. The van der Waals surface area contributed by atoms with Gasteiger partial charge in [-0.2, -0.15) is 5.26 Å². The summed E-state index contributed by atoms with van der Waals surface area (Å²) in [4.78, 5) is 19.3. The van der Waals surface area contributed by atoms with Crippen molar-refractivity contribution in [3.8, 4) is 22.9 Å². The van der Waals surface area contributed by atoms with Crippen molar-refractivity contribution in [1.82, 2.24) is 4.90 Å². The number of rotatable bonds is 2. The lowest BCUT2D eigenvalue weighted by Crippen LogP contribution is -2.43. The van der Waals surface area contributed by atoms with Crippen LogP contribution in [-0.2, 0) is 10.3 Å². The van der Waals surface area contributed by atoms with E-state index in [2.05, 4.69) is 11.1 Å². The lowest BCUT2D eigenvalue weighted by molar-refractivity contribution is -0.132. The minimum atomic E-state index is -1.32. The highest BCUT2D eigenvalue weighted by molar-refractivity contribution is 6.07. The van der Waals surface area contributed by atoms with Crippen molar-refractivity contribution in [3.05, 3.63) is 89.2 Å². The van der Waals surface area contributed by atoms with Crippen LogP contribution in [0.5, 0.6) is 5.75 Å². The van der Waals surface area contributed by atoms with Crippen LogP contribution in [0.3, 0.4) is 0 Å². The second-order valence-electron chi connectivity index (χ2n) is 7.93. The van der Waals surface area contributed by atoms with Crippen molar-refractivity contribution in [1.29, 1.82) is 5.26 Å². The van der Waals surface area contributed by atoms with Gasteiger partial charge in [0.05, 0.1) is 11.6 Å². The fourth-order valence-corrected chi connectivity index (χ4v) is 4.39. The highest BCUT2D eigenvalue weighted by atomic mass is 19.1. The molecule has 1 spiro atoms. The molecule has 7 heteroatoms. The molecule has 2 unspecified atom stereocenters. The maximum Gasteiger partial charge on any atom is 0.261 e. The summed E-state index contributed by atoms with van der Waals surface area (Å²) < 4.78 is 20.7. The van der Waals surface area contributed by atoms with Gasteiger partial charge in [0.15, 0.2) is 11.5 Å². The molecule has 2 atom stereocenters. The summed E-state index contributed by atoms with van der Waals surface area (Å²) in [6.45, 7) is 0. The first-order chi connectivity index (χ1) is 15.4. The molecule has 3 aromatic carbocycles. The monoisotopic (exact) mass is 426 g/mol. The largest absolute Gasteiger partial charge is 0.485 e. The standard InChI is InChI=1S/C25H19FN4O2/c1-30-23(31)25(29-24(30)28)13-22(18-7-2-3-8-20(18)26)32-21-10-9-17(12-19(21)25)16-6-4-5-15(11-16)14-27/h2-12,22H,13H2,1H3,(H2,28,29). The highest BCUT2D eigenvalue weighted by Gasteiger charge is 2.54. The van der Waals surface area contributed by atoms with E-state index >= 15 is 0 Å². The molecule has 32 heavy (non-hydrogen) atoms. The van der Waals surface area contributed by atoms with Crippen LogP contribution in [0, 0.1) is 17.1 Å². The van der Waals surface area contributed by atoms with E-state index < -0.39 is 17.5 Å². The number of benzene rings is 3. The molecule has 2 aliphatic heterocycles. The molecule has 2 heterocycles. The molecular formula is C25H19FN4O2. The second-order valence-corrected chi connectivity index (χ2v) is 7.93. The maximum atomic E-state index is 14.6. The number of guanidine groups is 1. The molecule has 3 aromatic rings. The predicted octanol–water partition coefficient (Wildman–Crippen LogP) is 3.87. The fraction of sp³-hybridized carbons (Fsp3) is 0.160. The van der Waals surface area contributed by atoms with Gasteiger partial charge in [-0.15, -0.1) is 0 Å². The van der Waals surface area contributed by atoms with Gasteiger partial charge >= 0.3 is 0 Å². The topological polar surface area (TPSA) is 91.7 Å². The van der Waals surface area contributed by atoms with Gasteiger partial charge < -0.3 is 10.5 Å². The first kappa shape index (κ1) is 19.8. The van der Waals surface area contributed by atoms with Crippen LogP contribution in [0.1, 0.15) is 29.2 Å². The van der Waals surface area contributed by atoms with Crippen LogP contribution in [0.15, 0.2) is 71.7 Å². The molecule has 6 nitrogen and oxygen atoms in total. The zero-order valence-electron chi connectivity index (χ0n) is 17.2. The second kappa shape index (κ2) is 7.20. The minimum Gasteiger partial charge on any atom is -0.485 e. The number of ether oxygens (including phenoxy) is 1. The molecule has 0 aliphatic carbocycles. The number of likely N-dealkylation sites (N-methyl/N-ethyl adjacent to an activating group) is 1. The number of fused-ring (bicyclic) bond motifs is 2. The zero-order valence-corrected chi connectivity index (χ0v) is 17.2. The highest BCUT2D eigenvalue weighted by Crippen LogP contribution is 2.50. The summed E-state index contributed by atoms with van der Waals surface area (Å²) in [6, 6.07) is 21.1. The van der Waals surface area contributed by atoms with Gasteiger partial charge in [0.1, 0.15) is 17.7 Å². The Labute approximate surface area is 184 Å².